The predicted octanol–water partition coefficient (Wildman–Crippen LogP) is 4.06. The summed E-state index contributed by atoms with van der Waals surface area (Å²) in [7, 11) is 0. The van der Waals surface area contributed by atoms with Gasteiger partial charge in [-0.3, -0.25) is 0 Å². The van der Waals surface area contributed by atoms with Gasteiger partial charge in [-0.2, -0.15) is 0 Å². The molecule has 1 N–H and O–H groups in total. The van der Waals surface area contributed by atoms with Crippen LogP contribution in [0, 0.1) is 6.92 Å². The number of aryl methyl sites for hydroxylation is 1. The molecule has 2 heterocycles. The van der Waals surface area contributed by atoms with Crippen LogP contribution in [0.15, 0.2) is 10.5 Å². The van der Waals surface area contributed by atoms with Crippen molar-refractivity contribution in [3.05, 3.63) is 20.3 Å². The molecule has 0 saturated carbocycles. The van der Waals surface area contributed by atoms with Crippen LogP contribution in [0.25, 0.3) is 0 Å². The summed E-state index contributed by atoms with van der Waals surface area (Å²) >= 11 is 5.56. The first kappa shape index (κ1) is 11.6. The summed E-state index contributed by atoms with van der Waals surface area (Å²) < 4.78 is 1.27. The van der Waals surface area contributed by atoms with Crippen LogP contribution < -0.4 is 5.32 Å². The average Bonchev–Trinajstić information content (AvgIpc) is 2.71. The monoisotopic (exact) mass is 287 g/mol. The number of halogens is 1. The SMILES string of the molecule is CCC1NC(C)CC1c1cc(Br)c(C)s1. The molecule has 0 aromatic carbocycles. The first-order chi connectivity index (χ1) is 7.11. The normalized spacial score (nSPS) is 31.1. The lowest BCUT2D eigenvalue weighted by Crippen LogP contribution is -2.28. The summed E-state index contributed by atoms with van der Waals surface area (Å²) in [4.78, 5) is 2.95. The second kappa shape index (κ2) is 4.56. The van der Waals surface area contributed by atoms with Crippen LogP contribution in [0.4, 0.5) is 0 Å². The lowest BCUT2D eigenvalue weighted by Gasteiger charge is -2.15. The van der Waals surface area contributed by atoms with Crippen molar-refractivity contribution >= 4 is 27.3 Å². The van der Waals surface area contributed by atoms with Crippen molar-refractivity contribution in [3.63, 3.8) is 0 Å². The third-order valence-corrected chi connectivity index (χ3v) is 5.54. The van der Waals surface area contributed by atoms with Crippen LogP contribution in [0.3, 0.4) is 0 Å². The minimum atomic E-state index is 0.668. The third-order valence-electron chi connectivity index (χ3n) is 3.27. The molecule has 0 amide bonds. The highest BCUT2D eigenvalue weighted by Crippen LogP contribution is 2.39. The van der Waals surface area contributed by atoms with E-state index < -0.39 is 0 Å². The maximum absolute atomic E-state index is 3.67. The third kappa shape index (κ3) is 2.29. The Morgan fingerprint density at radius 3 is 2.87 bits per heavy atom. The van der Waals surface area contributed by atoms with E-state index in [-0.39, 0.29) is 0 Å². The summed E-state index contributed by atoms with van der Waals surface area (Å²) in [5, 5.41) is 3.67. The molecule has 1 aliphatic heterocycles. The summed E-state index contributed by atoms with van der Waals surface area (Å²) in [6, 6.07) is 3.65. The zero-order valence-corrected chi connectivity index (χ0v) is 11.9. The van der Waals surface area contributed by atoms with Gasteiger partial charge in [-0.15, -0.1) is 11.3 Å². The Balaban J connectivity index is 2.22. The largest absolute Gasteiger partial charge is 0.311 e. The second-order valence-corrected chi connectivity index (χ2v) is 6.62. The van der Waals surface area contributed by atoms with E-state index in [0.29, 0.717) is 12.1 Å². The average molecular weight is 288 g/mol. The number of hydrogen-bond acceptors (Lipinski definition) is 2. The highest BCUT2D eigenvalue weighted by atomic mass is 79.9. The van der Waals surface area contributed by atoms with E-state index in [0.717, 1.165) is 5.92 Å². The standard InChI is InChI=1S/C12H18BrNS/c1-4-11-9(5-7(2)14-11)12-6-10(13)8(3)15-12/h6-7,9,11,14H,4-5H2,1-3H3. The highest BCUT2D eigenvalue weighted by molar-refractivity contribution is 9.10. The molecule has 3 unspecified atom stereocenters. The second-order valence-electron chi connectivity index (χ2n) is 4.48. The Hall–Kier alpha value is 0.140. The molecule has 1 fully saturated rings. The number of hydrogen-bond donors (Lipinski definition) is 1. The fourth-order valence-corrected chi connectivity index (χ4v) is 4.22. The van der Waals surface area contributed by atoms with E-state index in [1.165, 1.54) is 22.2 Å². The van der Waals surface area contributed by atoms with Crippen LogP contribution in [0.2, 0.25) is 0 Å². The van der Waals surface area contributed by atoms with Gasteiger partial charge < -0.3 is 5.32 Å². The zero-order chi connectivity index (χ0) is 11.0. The molecule has 1 nitrogen and oxygen atoms in total. The lowest BCUT2D eigenvalue weighted by atomic mass is 9.96. The van der Waals surface area contributed by atoms with E-state index in [4.69, 9.17) is 0 Å². The van der Waals surface area contributed by atoms with Gasteiger partial charge in [0, 0.05) is 32.2 Å². The summed E-state index contributed by atoms with van der Waals surface area (Å²) in [6.45, 7) is 6.75. The summed E-state index contributed by atoms with van der Waals surface area (Å²) in [5.41, 5.74) is 0. The molecule has 0 aliphatic carbocycles. The van der Waals surface area contributed by atoms with Gasteiger partial charge in [-0.25, -0.2) is 0 Å². The van der Waals surface area contributed by atoms with E-state index in [1.54, 1.807) is 4.88 Å². The van der Waals surface area contributed by atoms with Crippen LogP contribution in [0.5, 0.6) is 0 Å². The van der Waals surface area contributed by atoms with E-state index in [9.17, 15) is 0 Å². The van der Waals surface area contributed by atoms with E-state index in [2.05, 4.69) is 48.1 Å². The molecule has 0 bridgehead atoms. The quantitative estimate of drug-likeness (QED) is 0.865. The maximum Gasteiger partial charge on any atom is 0.0314 e. The van der Waals surface area contributed by atoms with Gasteiger partial charge in [-0.1, -0.05) is 6.92 Å². The van der Waals surface area contributed by atoms with Crippen LogP contribution >= 0.6 is 27.3 Å². The van der Waals surface area contributed by atoms with E-state index in [1.807, 2.05) is 11.3 Å². The molecule has 0 spiro atoms. The smallest absolute Gasteiger partial charge is 0.0314 e. The van der Waals surface area contributed by atoms with Crippen molar-refractivity contribution in [3.8, 4) is 0 Å². The van der Waals surface area contributed by atoms with Crippen LogP contribution in [-0.4, -0.2) is 12.1 Å². The van der Waals surface area contributed by atoms with Crippen molar-refractivity contribution in [2.75, 3.05) is 0 Å². The number of nitrogens with one attached hydrogen (secondary N) is 1. The van der Waals surface area contributed by atoms with Gasteiger partial charge in [0.05, 0.1) is 0 Å². The molecule has 1 saturated heterocycles. The van der Waals surface area contributed by atoms with Crippen LogP contribution in [0.1, 0.15) is 42.4 Å². The molecular formula is C12H18BrNS. The van der Waals surface area contributed by atoms with Crippen molar-refractivity contribution in [2.45, 2.75) is 51.6 Å². The number of rotatable bonds is 2. The minimum Gasteiger partial charge on any atom is -0.311 e. The maximum atomic E-state index is 3.67. The van der Waals surface area contributed by atoms with Gasteiger partial charge >= 0.3 is 0 Å². The first-order valence-electron chi connectivity index (χ1n) is 5.63. The lowest BCUT2D eigenvalue weighted by molar-refractivity contribution is 0.520. The molecule has 1 aliphatic rings. The molecule has 2 rings (SSSR count). The summed E-state index contributed by atoms with van der Waals surface area (Å²) in [6.07, 6.45) is 2.51. The van der Waals surface area contributed by atoms with Gasteiger partial charge in [-0.05, 0) is 48.7 Å². The van der Waals surface area contributed by atoms with Gasteiger partial charge in [0.1, 0.15) is 0 Å². The number of thiophene rings is 1. The minimum absolute atomic E-state index is 0.668. The Morgan fingerprint density at radius 1 is 1.60 bits per heavy atom. The van der Waals surface area contributed by atoms with Gasteiger partial charge in [0.15, 0.2) is 0 Å². The van der Waals surface area contributed by atoms with Gasteiger partial charge in [0.2, 0.25) is 0 Å². The Labute approximate surface area is 104 Å². The molecular weight excluding hydrogens is 270 g/mol. The van der Waals surface area contributed by atoms with Crippen molar-refractivity contribution in [1.29, 1.82) is 0 Å². The fourth-order valence-electron chi connectivity index (χ4n) is 2.48. The zero-order valence-electron chi connectivity index (χ0n) is 9.51. The van der Waals surface area contributed by atoms with E-state index >= 15 is 0 Å². The first-order valence-corrected chi connectivity index (χ1v) is 7.24. The fraction of sp³-hybridized carbons (Fsp3) is 0.667. The van der Waals surface area contributed by atoms with Crippen molar-refractivity contribution < 1.29 is 0 Å². The predicted molar refractivity (Wildman–Crippen MR) is 70.8 cm³/mol. The molecule has 1 aromatic heterocycles. The Bertz CT molecular complexity index is 328. The molecule has 3 heteroatoms. The van der Waals surface area contributed by atoms with Crippen molar-refractivity contribution in [1.82, 2.24) is 5.32 Å². The molecule has 1 aromatic rings. The molecule has 0 radical (unpaired) electrons. The van der Waals surface area contributed by atoms with Crippen LogP contribution in [-0.2, 0) is 0 Å². The molecule has 3 atom stereocenters. The summed E-state index contributed by atoms with van der Waals surface area (Å²) in [5.74, 6) is 0.722. The van der Waals surface area contributed by atoms with Gasteiger partial charge in [0.25, 0.3) is 0 Å². The van der Waals surface area contributed by atoms with Crippen molar-refractivity contribution in [2.24, 2.45) is 0 Å². The highest BCUT2D eigenvalue weighted by Gasteiger charge is 2.32. The topological polar surface area (TPSA) is 12.0 Å². The Morgan fingerprint density at radius 2 is 2.33 bits per heavy atom. The molecule has 84 valence electrons. The Kier molecular flexibility index (Phi) is 3.53. The molecule has 15 heavy (non-hydrogen) atoms.